The monoisotopic (exact) mass is 346 g/mol. The molecule has 0 aromatic carbocycles. The van der Waals surface area contributed by atoms with Gasteiger partial charge >= 0.3 is 0 Å². The Morgan fingerprint density at radius 3 is 0.750 bits per heavy atom. The van der Waals surface area contributed by atoms with Gasteiger partial charge in [0.05, 0.1) is 0 Å². The van der Waals surface area contributed by atoms with Gasteiger partial charge in [-0.2, -0.15) is 0 Å². The summed E-state index contributed by atoms with van der Waals surface area (Å²) < 4.78 is 0. The fourth-order valence-corrected chi connectivity index (χ4v) is 0. The molecular weight excluding hydrogens is 344 g/mol. The van der Waals surface area contributed by atoms with Crippen LogP contribution in [0.25, 0.3) is 0 Å². The molecule has 22 valence electrons. The van der Waals surface area contributed by atoms with Crippen molar-refractivity contribution in [1.82, 2.24) is 0 Å². The minimum atomic E-state index is 0. The van der Waals surface area contributed by atoms with Gasteiger partial charge in [0.25, 0.3) is 0 Å². The molecule has 0 atom stereocenters. The maximum Gasteiger partial charge on any atom is 0 e. The molecule has 0 saturated heterocycles. The van der Waals surface area contributed by atoms with E-state index in [4.69, 9.17) is 0 Å². The topological polar surface area (TPSA) is 0 Å². The van der Waals surface area contributed by atoms with Gasteiger partial charge in [0, 0.05) is 86.0 Å². The van der Waals surface area contributed by atoms with Crippen molar-refractivity contribution in [2.24, 2.45) is 0 Å². The molecule has 0 aromatic rings. The van der Waals surface area contributed by atoms with Gasteiger partial charge in [-0.25, -0.2) is 0 Å². The molecule has 4 heteroatoms. The van der Waals surface area contributed by atoms with E-state index in [0.29, 0.717) is 0 Å². The van der Waals surface area contributed by atoms with Crippen LogP contribution in [0.5, 0.6) is 0 Å². The summed E-state index contributed by atoms with van der Waals surface area (Å²) in [5.41, 5.74) is 0. The van der Waals surface area contributed by atoms with Gasteiger partial charge in [0.2, 0.25) is 0 Å². The van der Waals surface area contributed by atoms with Crippen LogP contribution in [0.2, 0.25) is 0 Å². The van der Waals surface area contributed by atoms with Crippen LogP contribution in [0.3, 0.4) is 0 Å². The largest absolute Gasteiger partial charge is 0 e. The zero-order chi connectivity index (χ0) is 0. The predicted octanol–water partition coefficient (Wildman–Crippen LogP) is -0.767. The Kier molecular flexibility index (Phi) is 124. The summed E-state index contributed by atoms with van der Waals surface area (Å²) in [5, 5.41) is 0. The van der Waals surface area contributed by atoms with Gasteiger partial charge in [-0.3, -0.25) is 0 Å². The summed E-state index contributed by atoms with van der Waals surface area (Å²) in [6, 6.07) is 0. The van der Waals surface area contributed by atoms with E-state index in [-0.39, 0.29) is 86.0 Å². The molecule has 0 aliphatic heterocycles. The second-order valence-electron chi connectivity index (χ2n) is 0. The summed E-state index contributed by atoms with van der Waals surface area (Å²) in [6.45, 7) is 0. The van der Waals surface area contributed by atoms with Crippen LogP contribution in [0.1, 0.15) is 0 Å². The van der Waals surface area contributed by atoms with E-state index in [1.807, 2.05) is 0 Å². The molecule has 0 aliphatic rings. The summed E-state index contributed by atoms with van der Waals surface area (Å²) in [4.78, 5) is 0. The first-order chi connectivity index (χ1) is 0. The quantitative estimate of drug-likeness (QED) is 0.507. The van der Waals surface area contributed by atoms with Crippen molar-refractivity contribution in [2.75, 3.05) is 0 Å². The first kappa shape index (κ1) is 29.1. The molecule has 0 aromatic heterocycles. The maximum absolute atomic E-state index is 0. The second kappa shape index (κ2) is 17.0. The SMILES string of the molecule is [Ni].[Sn].[Sn].[Ti]. The summed E-state index contributed by atoms with van der Waals surface area (Å²) in [6.07, 6.45) is 0. The molecule has 0 saturated carbocycles. The minimum absolute atomic E-state index is 0. The standard InChI is InChI=1S/Ni.2Sn.Ti. The van der Waals surface area contributed by atoms with Crippen molar-refractivity contribution in [3.05, 3.63) is 0 Å². The number of hydrogen-bond donors (Lipinski definition) is 0. The molecule has 0 rings (SSSR count). The van der Waals surface area contributed by atoms with E-state index in [9.17, 15) is 0 Å². The van der Waals surface area contributed by atoms with E-state index in [2.05, 4.69) is 0 Å². The van der Waals surface area contributed by atoms with Gasteiger partial charge in [-0.1, -0.05) is 0 Å². The van der Waals surface area contributed by atoms with Crippen molar-refractivity contribution >= 4 is 47.8 Å². The fourth-order valence-electron chi connectivity index (χ4n) is 0. The Bertz CT molecular complexity index is 6.00. The van der Waals surface area contributed by atoms with Crippen LogP contribution in [0.15, 0.2) is 0 Å². The van der Waals surface area contributed by atoms with Crippen LogP contribution < -0.4 is 0 Å². The van der Waals surface area contributed by atoms with Gasteiger partial charge in [-0.15, -0.1) is 0 Å². The van der Waals surface area contributed by atoms with Crippen molar-refractivity contribution < 1.29 is 38.2 Å². The molecule has 0 unspecified atom stereocenters. The van der Waals surface area contributed by atoms with Gasteiger partial charge in [0.15, 0.2) is 0 Å². The van der Waals surface area contributed by atoms with Crippen molar-refractivity contribution in [1.29, 1.82) is 0 Å². The second-order valence-corrected chi connectivity index (χ2v) is 0. The molecule has 0 spiro atoms. The van der Waals surface area contributed by atoms with Crippen LogP contribution in [-0.4, -0.2) is 47.8 Å². The Labute approximate surface area is 84.6 Å². The average Bonchev–Trinajstić information content (AvgIpc) is 0. The molecule has 4 heavy (non-hydrogen) atoms. The third-order valence-electron chi connectivity index (χ3n) is 0. The van der Waals surface area contributed by atoms with Gasteiger partial charge < -0.3 is 0 Å². The summed E-state index contributed by atoms with van der Waals surface area (Å²) >= 11 is 0. The molecule has 0 amide bonds. The number of rotatable bonds is 0. The summed E-state index contributed by atoms with van der Waals surface area (Å²) in [5.74, 6) is 0. The van der Waals surface area contributed by atoms with Crippen LogP contribution in [0, 0.1) is 0 Å². The fraction of sp³-hybridized carbons (Fsp3) is 0. The first-order valence-corrected chi connectivity index (χ1v) is 0. The van der Waals surface area contributed by atoms with Crippen LogP contribution >= 0.6 is 0 Å². The van der Waals surface area contributed by atoms with Crippen LogP contribution in [-0.2, 0) is 38.2 Å². The molecule has 0 fully saturated rings. The van der Waals surface area contributed by atoms with Crippen molar-refractivity contribution in [3.63, 3.8) is 0 Å². The predicted molar refractivity (Wildman–Crippen MR) is 11.5 cm³/mol. The molecule has 8 radical (unpaired) electrons. The van der Waals surface area contributed by atoms with E-state index in [1.165, 1.54) is 0 Å². The molecule has 0 bridgehead atoms. The third kappa shape index (κ3) is 8.84. The van der Waals surface area contributed by atoms with Crippen molar-refractivity contribution in [2.45, 2.75) is 0 Å². The Morgan fingerprint density at radius 1 is 0.750 bits per heavy atom. The third-order valence-corrected chi connectivity index (χ3v) is 0. The molecule has 0 nitrogen and oxygen atoms in total. The smallest absolute Gasteiger partial charge is 0 e. The Morgan fingerprint density at radius 2 is 0.750 bits per heavy atom. The van der Waals surface area contributed by atoms with E-state index in [0.717, 1.165) is 0 Å². The van der Waals surface area contributed by atoms with E-state index >= 15 is 0 Å². The molecule has 0 heterocycles. The van der Waals surface area contributed by atoms with Gasteiger partial charge in [-0.05, 0) is 0 Å². The maximum atomic E-state index is 0. The zero-order valence-electron chi connectivity index (χ0n) is 1.82. The molecule has 0 aliphatic carbocycles. The minimum Gasteiger partial charge on any atom is 0 e. The van der Waals surface area contributed by atoms with Crippen LogP contribution in [0.4, 0.5) is 0 Å². The van der Waals surface area contributed by atoms with E-state index < -0.39 is 0 Å². The Hall–Kier alpha value is 2.81. The Balaban J connectivity index is 0. The van der Waals surface area contributed by atoms with Crippen molar-refractivity contribution in [3.8, 4) is 0 Å². The van der Waals surface area contributed by atoms with Gasteiger partial charge in [0.1, 0.15) is 0 Å². The average molecular weight is 344 g/mol. The molecule has 0 N–H and O–H groups in total. The normalized spacial score (nSPS) is 0. The van der Waals surface area contributed by atoms with E-state index in [1.54, 1.807) is 0 Å². The zero-order valence-corrected chi connectivity index (χ0v) is 10.1. The summed E-state index contributed by atoms with van der Waals surface area (Å²) in [7, 11) is 0. The first-order valence-electron chi connectivity index (χ1n) is 0. The number of hydrogen-bond acceptors (Lipinski definition) is 0. The molecular formula is NiSn2Ti.